The molecule has 0 aromatic heterocycles. The van der Waals surface area contributed by atoms with Gasteiger partial charge in [0.1, 0.15) is 6.04 Å². The molecule has 1 atom stereocenters. The molecule has 0 spiro atoms. The predicted octanol–water partition coefficient (Wildman–Crippen LogP) is 4.05. The highest BCUT2D eigenvalue weighted by atomic mass is 16.2. The van der Waals surface area contributed by atoms with E-state index in [4.69, 9.17) is 0 Å². The van der Waals surface area contributed by atoms with E-state index in [-0.39, 0.29) is 30.0 Å². The Morgan fingerprint density at radius 2 is 1.63 bits per heavy atom. The van der Waals surface area contributed by atoms with Gasteiger partial charge in [0.15, 0.2) is 0 Å². The van der Waals surface area contributed by atoms with Crippen LogP contribution in [0.3, 0.4) is 0 Å². The third-order valence-corrected chi connectivity index (χ3v) is 9.03. The molecule has 8 nitrogen and oxygen atoms in total. The second-order valence-corrected chi connectivity index (χ2v) is 11.5. The van der Waals surface area contributed by atoms with Crippen molar-refractivity contribution in [1.29, 1.82) is 0 Å². The molecule has 1 N–H and O–H groups in total. The van der Waals surface area contributed by atoms with Crippen molar-refractivity contribution < 1.29 is 19.2 Å². The normalized spacial score (nSPS) is 21.3. The molecule has 0 aliphatic carbocycles. The summed E-state index contributed by atoms with van der Waals surface area (Å²) in [5.74, 6) is -0.267. The van der Waals surface area contributed by atoms with Gasteiger partial charge < -0.3 is 4.90 Å². The monoisotopic (exact) mass is 548 g/mol. The number of rotatable bonds is 5. The van der Waals surface area contributed by atoms with Gasteiger partial charge in [-0.2, -0.15) is 0 Å². The summed E-state index contributed by atoms with van der Waals surface area (Å²) in [5, 5.41) is 2.37. The zero-order chi connectivity index (χ0) is 28.1. The fraction of sp³-hybridized carbons (Fsp3) is 0.333. The average Bonchev–Trinajstić information content (AvgIpc) is 3.50. The van der Waals surface area contributed by atoms with E-state index < -0.39 is 6.04 Å². The van der Waals surface area contributed by atoms with E-state index in [9.17, 15) is 19.2 Å². The molecule has 0 radical (unpaired) electrons. The van der Waals surface area contributed by atoms with E-state index in [1.54, 1.807) is 4.90 Å². The minimum atomic E-state index is -0.591. The summed E-state index contributed by atoms with van der Waals surface area (Å²) in [6.07, 6.45) is 3.09. The van der Waals surface area contributed by atoms with Gasteiger partial charge in [0, 0.05) is 30.8 Å². The van der Waals surface area contributed by atoms with Crippen LogP contribution in [0.5, 0.6) is 0 Å². The van der Waals surface area contributed by atoms with E-state index in [0.717, 1.165) is 55.0 Å². The van der Waals surface area contributed by atoms with Crippen LogP contribution in [0.25, 0.3) is 0 Å². The van der Waals surface area contributed by atoms with Crippen LogP contribution in [0.4, 0.5) is 11.4 Å². The van der Waals surface area contributed by atoms with Crippen molar-refractivity contribution >= 4 is 35.0 Å². The number of imide groups is 1. The lowest BCUT2D eigenvalue weighted by atomic mass is 9.87. The van der Waals surface area contributed by atoms with Crippen LogP contribution in [0.1, 0.15) is 64.2 Å². The molecule has 4 amide bonds. The molecular weight excluding hydrogens is 516 g/mol. The van der Waals surface area contributed by atoms with Crippen LogP contribution < -0.4 is 10.2 Å². The number of benzene rings is 3. The summed E-state index contributed by atoms with van der Waals surface area (Å²) >= 11 is 0. The third kappa shape index (κ3) is 4.62. The van der Waals surface area contributed by atoms with Crippen molar-refractivity contribution in [3.63, 3.8) is 0 Å². The second kappa shape index (κ2) is 10.3. The Morgan fingerprint density at radius 3 is 2.41 bits per heavy atom. The van der Waals surface area contributed by atoms with Crippen molar-refractivity contribution in [2.45, 2.75) is 57.2 Å². The molecule has 0 saturated carbocycles. The summed E-state index contributed by atoms with van der Waals surface area (Å²) in [4.78, 5) is 55.9. The number of hydrogen-bond donors (Lipinski definition) is 1. The van der Waals surface area contributed by atoms with Gasteiger partial charge in [-0.15, -0.1) is 0 Å². The van der Waals surface area contributed by atoms with E-state index in [1.165, 1.54) is 11.1 Å². The number of nitrogens with one attached hydrogen (secondary N) is 1. The fourth-order valence-electron chi connectivity index (χ4n) is 6.93. The van der Waals surface area contributed by atoms with Crippen LogP contribution in [-0.4, -0.2) is 52.6 Å². The van der Waals surface area contributed by atoms with E-state index in [2.05, 4.69) is 40.5 Å². The molecule has 4 aliphatic rings. The number of piperidine rings is 2. The maximum absolute atomic E-state index is 13.1. The quantitative estimate of drug-likeness (QED) is 0.486. The van der Waals surface area contributed by atoms with Gasteiger partial charge in [-0.25, -0.2) is 0 Å². The van der Waals surface area contributed by atoms with E-state index >= 15 is 0 Å². The number of carbonyl (C=O) groups is 4. The first-order valence-corrected chi connectivity index (χ1v) is 14.4. The highest BCUT2D eigenvalue weighted by Gasteiger charge is 2.39. The summed E-state index contributed by atoms with van der Waals surface area (Å²) in [6.45, 7) is 3.10. The molecule has 2 saturated heterocycles. The van der Waals surface area contributed by atoms with Crippen LogP contribution >= 0.6 is 0 Å². The van der Waals surface area contributed by atoms with Crippen molar-refractivity contribution in [1.82, 2.24) is 15.1 Å². The third-order valence-electron chi connectivity index (χ3n) is 9.03. The smallest absolute Gasteiger partial charge is 0.255 e. The minimum Gasteiger partial charge on any atom is -0.322 e. The zero-order valence-electron chi connectivity index (χ0n) is 22.8. The van der Waals surface area contributed by atoms with Gasteiger partial charge >= 0.3 is 0 Å². The molecule has 41 heavy (non-hydrogen) atoms. The summed E-state index contributed by atoms with van der Waals surface area (Å²) in [6, 6.07) is 21.7. The highest BCUT2D eigenvalue weighted by Crippen LogP contribution is 2.40. The van der Waals surface area contributed by atoms with E-state index in [1.807, 2.05) is 41.3 Å². The maximum Gasteiger partial charge on any atom is 0.255 e. The lowest BCUT2D eigenvalue weighted by Crippen LogP contribution is -2.52. The SMILES string of the molecule is O=C1CCC(N2Cc3cc(C4CCN(Cc5cccc6c5N(c5ccccc5)C(=O)C6)CC4)ccc3C2=O)C(=O)N1. The molecule has 4 aliphatic heterocycles. The topological polar surface area (TPSA) is 90.0 Å². The molecule has 3 aromatic carbocycles. The molecule has 7 rings (SSSR count). The Balaban J connectivity index is 1.03. The molecular formula is C33H32N4O4. The van der Waals surface area contributed by atoms with Crippen LogP contribution in [0, 0.1) is 0 Å². The molecule has 2 fully saturated rings. The van der Waals surface area contributed by atoms with E-state index in [0.29, 0.717) is 30.9 Å². The number of fused-ring (bicyclic) bond motifs is 2. The average molecular weight is 549 g/mol. The summed E-state index contributed by atoms with van der Waals surface area (Å²) in [5.41, 5.74) is 7.08. The van der Waals surface area contributed by atoms with Crippen molar-refractivity contribution in [3.8, 4) is 0 Å². The molecule has 1 unspecified atom stereocenters. The number of hydrogen-bond acceptors (Lipinski definition) is 5. The van der Waals surface area contributed by atoms with Gasteiger partial charge in [-0.3, -0.25) is 34.3 Å². The predicted molar refractivity (Wildman–Crippen MR) is 153 cm³/mol. The number of anilines is 2. The lowest BCUT2D eigenvalue weighted by molar-refractivity contribution is -0.137. The summed E-state index contributed by atoms with van der Waals surface area (Å²) in [7, 11) is 0. The molecule has 3 aromatic rings. The first-order valence-electron chi connectivity index (χ1n) is 14.4. The lowest BCUT2D eigenvalue weighted by Gasteiger charge is -2.33. The first kappa shape index (κ1) is 25.7. The molecule has 4 heterocycles. The van der Waals surface area contributed by atoms with Crippen molar-refractivity contribution in [2.24, 2.45) is 0 Å². The fourth-order valence-corrected chi connectivity index (χ4v) is 6.93. The van der Waals surface area contributed by atoms with Crippen LogP contribution in [-0.2, 0) is 33.9 Å². The number of likely N-dealkylation sites (tertiary alicyclic amines) is 1. The standard InChI is InChI=1S/C33H32N4O4/c38-29-12-11-28(32(40)34-29)36-20-25-17-22(9-10-27(25)33(36)41)21-13-15-35(16-14-21)19-24-6-4-5-23-18-30(39)37(31(23)24)26-7-2-1-3-8-26/h1-10,17,21,28H,11-16,18-20H2,(H,34,38,40). The molecule has 8 heteroatoms. The maximum atomic E-state index is 13.1. The Labute approximate surface area is 238 Å². The van der Waals surface area contributed by atoms with Gasteiger partial charge in [-0.05, 0) is 78.7 Å². The Hall–Kier alpha value is -4.30. The van der Waals surface area contributed by atoms with Crippen molar-refractivity contribution in [2.75, 3.05) is 18.0 Å². The molecule has 208 valence electrons. The Bertz CT molecular complexity index is 1560. The molecule has 0 bridgehead atoms. The first-order chi connectivity index (χ1) is 20.0. The number of amides is 4. The minimum absolute atomic E-state index is 0.114. The second-order valence-electron chi connectivity index (χ2n) is 11.5. The van der Waals surface area contributed by atoms with Crippen LogP contribution in [0.15, 0.2) is 66.7 Å². The highest BCUT2D eigenvalue weighted by molar-refractivity contribution is 6.08. The zero-order valence-corrected chi connectivity index (χ0v) is 22.8. The Kier molecular flexibility index (Phi) is 6.43. The number of carbonyl (C=O) groups excluding carboxylic acids is 4. The van der Waals surface area contributed by atoms with Gasteiger partial charge in [-0.1, -0.05) is 48.5 Å². The summed E-state index contributed by atoms with van der Waals surface area (Å²) < 4.78 is 0. The number of nitrogens with zero attached hydrogens (tertiary/aromatic N) is 3. The number of para-hydroxylation sites is 2. The van der Waals surface area contributed by atoms with Crippen LogP contribution in [0.2, 0.25) is 0 Å². The van der Waals surface area contributed by atoms with Gasteiger partial charge in [0.2, 0.25) is 17.7 Å². The van der Waals surface area contributed by atoms with Gasteiger partial charge in [0.25, 0.3) is 5.91 Å². The van der Waals surface area contributed by atoms with Gasteiger partial charge in [0.05, 0.1) is 12.1 Å². The largest absolute Gasteiger partial charge is 0.322 e. The van der Waals surface area contributed by atoms with Crippen molar-refractivity contribution in [3.05, 3.63) is 94.5 Å². The Morgan fingerprint density at radius 1 is 0.829 bits per heavy atom.